The van der Waals surface area contributed by atoms with Crippen LogP contribution in [-0.2, 0) is 16.5 Å². The van der Waals surface area contributed by atoms with Gasteiger partial charge in [0.2, 0.25) is 0 Å². The van der Waals surface area contributed by atoms with Crippen molar-refractivity contribution in [1.82, 2.24) is 14.9 Å². The maximum Gasteiger partial charge on any atom is 0.407 e. The van der Waals surface area contributed by atoms with Gasteiger partial charge in [0.05, 0.1) is 12.7 Å². The summed E-state index contributed by atoms with van der Waals surface area (Å²) in [5, 5.41) is 6.29. The van der Waals surface area contributed by atoms with Crippen LogP contribution in [-0.4, -0.2) is 46.4 Å². The highest BCUT2D eigenvalue weighted by atomic mass is 16.6. The van der Waals surface area contributed by atoms with E-state index in [1.54, 1.807) is 25.4 Å². The van der Waals surface area contributed by atoms with E-state index in [-0.39, 0.29) is 17.6 Å². The second-order valence-electron chi connectivity index (χ2n) is 8.98. The molecule has 9 nitrogen and oxygen atoms in total. The van der Waals surface area contributed by atoms with Gasteiger partial charge >= 0.3 is 12.1 Å². The highest BCUT2D eigenvalue weighted by molar-refractivity contribution is 5.90. The van der Waals surface area contributed by atoms with Crippen molar-refractivity contribution >= 4 is 17.9 Å². The van der Waals surface area contributed by atoms with Gasteiger partial charge in [0.15, 0.2) is 0 Å². The number of aryl methyl sites for hydroxylation is 1. The molecule has 1 aliphatic carbocycles. The fourth-order valence-corrected chi connectivity index (χ4v) is 3.71. The molecule has 32 heavy (non-hydrogen) atoms. The minimum atomic E-state index is -0.524. The Balaban J connectivity index is 1.64. The van der Waals surface area contributed by atoms with E-state index < -0.39 is 17.7 Å². The molecule has 2 aromatic heterocycles. The first-order valence-electron chi connectivity index (χ1n) is 10.6. The van der Waals surface area contributed by atoms with Gasteiger partial charge in [-0.25, -0.2) is 14.6 Å². The number of aromatic nitrogens is 2. The van der Waals surface area contributed by atoms with Crippen LogP contribution in [0.15, 0.2) is 35.4 Å². The number of rotatable bonds is 5. The van der Waals surface area contributed by atoms with Crippen LogP contribution in [0.2, 0.25) is 0 Å². The number of methoxy groups -OCH3 is 1. The fourth-order valence-electron chi connectivity index (χ4n) is 3.71. The molecule has 2 heterocycles. The van der Waals surface area contributed by atoms with Gasteiger partial charge in [0, 0.05) is 42.7 Å². The summed E-state index contributed by atoms with van der Waals surface area (Å²) >= 11 is 0. The predicted molar refractivity (Wildman–Crippen MR) is 121 cm³/mol. The Morgan fingerprint density at radius 1 is 1.19 bits per heavy atom. The van der Waals surface area contributed by atoms with Crippen molar-refractivity contribution in [3.05, 3.63) is 46.5 Å². The van der Waals surface area contributed by atoms with Crippen molar-refractivity contribution in [2.24, 2.45) is 7.05 Å². The number of alkyl carbamates (subject to hydrolysis) is 1. The van der Waals surface area contributed by atoms with Crippen LogP contribution in [0.1, 0.15) is 50.4 Å². The first kappa shape index (κ1) is 23.3. The number of anilines is 1. The fraction of sp³-hybridized carbons (Fsp3) is 0.478. The summed E-state index contributed by atoms with van der Waals surface area (Å²) in [6, 6.07) is 5.32. The molecule has 0 radical (unpaired) electrons. The topological polar surface area (TPSA) is 112 Å². The number of amides is 1. The molecular formula is C23H30N4O5. The van der Waals surface area contributed by atoms with Gasteiger partial charge in [-0.1, -0.05) is 0 Å². The monoisotopic (exact) mass is 442 g/mol. The van der Waals surface area contributed by atoms with Gasteiger partial charge in [-0.2, -0.15) is 0 Å². The second-order valence-corrected chi connectivity index (χ2v) is 8.98. The van der Waals surface area contributed by atoms with Gasteiger partial charge in [-0.3, -0.25) is 4.79 Å². The molecule has 0 spiro atoms. The van der Waals surface area contributed by atoms with E-state index >= 15 is 0 Å². The number of carbonyl (C=O) groups excluding carboxylic acids is 2. The van der Waals surface area contributed by atoms with Crippen LogP contribution in [0.5, 0.6) is 0 Å². The average Bonchev–Trinajstić information content (AvgIpc) is 3.15. The summed E-state index contributed by atoms with van der Waals surface area (Å²) in [7, 11) is 2.88. The molecule has 1 aliphatic rings. The molecule has 0 unspecified atom stereocenters. The maximum atomic E-state index is 12.5. The molecule has 172 valence electrons. The molecule has 1 fully saturated rings. The van der Waals surface area contributed by atoms with Gasteiger partial charge in [0.25, 0.3) is 5.56 Å². The third-order valence-corrected chi connectivity index (χ3v) is 5.18. The van der Waals surface area contributed by atoms with E-state index in [1.807, 2.05) is 20.8 Å². The lowest BCUT2D eigenvalue weighted by Gasteiger charge is -2.22. The number of hydrogen-bond acceptors (Lipinski definition) is 7. The summed E-state index contributed by atoms with van der Waals surface area (Å²) < 4.78 is 11.4. The number of nitrogens with zero attached hydrogens (tertiary/aromatic N) is 2. The smallest absolute Gasteiger partial charge is 0.407 e. The zero-order valence-corrected chi connectivity index (χ0v) is 19.1. The van der Waals surface area contributed by atoms with Crippen LogP contribution in [0.25, 0.3) is 11.1 Å². The summed E-state index contributed by atoms with van der Waals surface area (Å²) in [6.45, 7) is 5.51. The maximum absolute atomic E-state index is 12.5. The molecule has 2 N–H and O–H groups in total. The van der Waals surface area contributed by atoms with E-state index in [4.69, 9.17) is 9.47 Å². The number of esters is 1. The number of pyridine rings is 2. The Morgan fingerprint density at radius 2 is 1.91 bits per heavy atom. The first-order chi connectivity index (χ1) is 15.1. The number of ether oxygens (including phenoxy) is 2. The Labute approximate surface area is 187 Å². The third kappa shape index (κ3) is 5.87. The zero-order valence-electron chi connectivity index (χ0n) is 19.1. The molecule has 0 bridgehead atoms. The van der Waals surface area contributed by atoms with Crippen molar-refractivity contribution in [2.75, 3.05) is 12.4 Å². The lowest BCUT2D eigenvalue weighted by molar-refractivity contribution is 0.0504. The quantitative estimate of drug-likeness (QED) is 0.685. The highest BCUT2D eigenvalue weighted by Gasteiger charge is 2.27. The van der Waals surface area contributed by atoms with Crippen LogP contribution >= 0.6 is 0 Å². The zero-order chi connectivity index (χ0) is 23.5. The molecule has 9 heteroatoms. The van der Waals surface area contributed by atoms with Gasteiger partial charge in [0.1, 0.15) is 11.4 Å². The van der Waals surface area contributed by atoms with Gasteiger partial charge in [-0.15, -0.1) is 0 Å². The normalized spacial score (nSPS) is 18.2. The molecule has 3 rings (SSSR count). The van der Waals surface area contributed by atoms with E-state index in [2.05, 4.69) is 15.6 Å². The predicted octanol–water partition coefficient (Wildman–Crippen LogP) is 3.09. The average molecular weight is 443 g/mol. The summed E-state index contributed by atoms with van der Waals surface area (Å²) in [6.07, 6.45) is 5.16. The molecule has 2 aromatic rings. The van der Waals surface area contributed by atoms with Crippen LogP contribution < -0.4 is 16.2 Å². The summed E-state index contributed by atoms with van der Waals surface area (Å²) in [5.41, 5.74) is 0.520. The van der Waals surface area contributed by atoms with Crippen molar-refractivity contribution in [2.45, 2.75) is 57.7 Å². The Hall–Kier alpha value is -3.36. The van der Waals surface area contributed by atoms with Crippen molar-refractivity contribution in [3.8, 4) is 11.1 Å². The Morgan fingerprint density at radius 3 is 2.53 bits per heavy atom. The van der Waals surface area contributed by atoms with Crippen LogP contribution in [0.4, 0.5) is 10.6 Å². The van der Waals surface area contributed by atoms with Crippen molar-refractivity contribution in [3.63, 3.8) is 0 Å². The first-order valence-corrected chi connectivity index (χ1v) is 10.6. The number of hydrogen-bond donors (Lipinski definition) is 2. The third-order valence-electron chi connectivity index (χ3n) is 5.18. The minimum Gasteiger partial charge on any atom is -0.465 e. The molecular weight excluding hydrogens is 412 g/mol. The lowest BCUT2D eigenvalue weighted by Crippen LogP contribution is -2.38. The molecule has 0 aliphatic heterocycles. The largest absolute Gasteiger partial charge is 0.465 e. The number of nitrogens with one attached hydrogen (secondary N) is 2. The highest BCUT2D eigenvalue weighted by Crippen LogP contribution is 2.24. The molecule has 0 saturated heterocycles. The SMILES string of the molecule is COC(=O)c1cc(-c2ccc(N[C@H]3CC[C@H](NC(=O)OC(C)(C)C)C3)nc2)c(=O)n(C)c1. The minimum absolute atomic E-state index is 0.0470. The van der Waals surface area contributed by atoms with E-state index in [9.17, 15) is 14.4 Å². The summed E-state index contributed by atoms with van der Waals surface area (Å²) in [4.78, 5) is 40.8. The molecule has 1 saturated carbocycles. The second kappa shape index (κ2) is 9.42. The van der Waals surface area contributed by atoms with E-state index in [0.717, 1.165) is 19.3 Å². The lowest BCUT2D eigenvalue weighted by atomic mass is 10.1. The molecule has 1 amide bonds. The van der Waals surface area contributed by atoms with Gasteiger partial charge < -0.3 is 24.7 Å². The molecule has 0 aromatic carbocycles. The Bertz CT molecular complexity index is 1040. The summed E-state index contributed by atoms with van der Waals surface area (Å²) in [5.74, 6) is 0.168. The standard InChI is InChI=1S/C23H30N4O5/c1-23(2,3)32-22(30)26-17-8-7-16(11-17)25-19-9-6-14(12-24-19)18-10-15(21(29)31-5)13-27(4)20(18)28/h6,9-10,12-13,16-17H,7-8,11H2,1-5H3,(H,24,25)(H,26,30)/t16-,17-/m0/s1. The van der Waals surface area contributed by atoms with Crippen molar-refractivity contribution in [1.29, 1.82) is 0 Å². The van der Waals surface area contributed by atoms with E-state index in [0.29, 0.717) is 22.5 Å². The van der Waals surface area contributed by atoms with Gasteiger partial charge in [-0.05, 0) is 58.2 Å². The van der Waals surface area contributed by atoms with Crippen molar-refractivity contribution < 1.29 is 19.1 Å². The Kier molecular flexibility index (Phi) is 6.86. The number of carbonyl (C=O) groups is 2. The van der Waals surface area contributed by atoms with E-state index in [1.165, 1.54) is 23.9 Å². The molecule has 2 atom stereocenters. The van der Waals surface area contributed by atoms with Crippen LogP contribution in [0.3, 0.4) is 0 Å². The van der Waals surface area contributed by atoms with Crippen LogP contribution in [0, 0.1) is 0 Å².